The summed E-state index contributed by atoms with van der Waals surface area (Å²) in [6, 6.07) is 26.0. The normalized spacial score (nSPS) is 13.2. The third kappa shape index (κ3) is 7.80. The summed E-state index contributed by atoms with van der Waals surface area (Å²) in [6.45, 7) is 6.36. The van der Waals surface area contributed by atoms with Crippen molar-refractivity contribution in [2.24, 2.45) is 0 Å². The number of anilines is 3. The topological polar surface area (TPSA) is 93.8 Å². The second kappa shape index (κ2) is 13.9. The third-order valence-corrected chi connectivity index (χ3v) is 7.57. The zero-order valence-corrected chi connectivity index (χ0v) is 24.9. The minimum absolute atomic E-state index is 0.163. The number of benzene rings is 4. The van der Waals surface area contributed by atoms with E-state index in [2.05, 4.69) is 20.9 Å². The molecular weight excluding hydrogens is 557 g/mol. The number of hydrogen-bond donors (Lipinski definition) is 3. The molecule has 1 fully saturated rings. The van der Waals surface area contributed by atoms with E-state index in [4.69, 9.17) is 0 Å². The molecule has 0 radical (unpaired) electrons. The zero-order valence-electron chi connectivity index (χ0n) is 24.9. The molecule has 0 bridgehead atoms. The van der Waals surface area contributed by atoms with Gasteiger partial charge < -0.3 is 25.8 Å². The van der Waals surface area contributed by atoms with Gasteiger partial charge in [-0.1, -0.05) is 42.0 Å². The van der Waals surface area contributed by atoms with E-state index >= 15 is 0 Å². The van der Waals surface area contributed by atoms with Gasteiger partial charge in [0.25, 0.3) is 11.8 Å². The van der Waals surface area contributed by atoms with Crippen LogP contribution in [0.3, 0.4) is 0 Å². The van der Waals surface area contributed by atoms with Crippen LogP contribution in [-0.2, 0) is 6.54 Å². The van der Waals surface area contributed by atoms with Crippen molar-refractivity contribution in [2.45, 2.75) is 26.8 Å². The Kier molecular flexibility index (Phi) is 9.54. The average molecular weight is 594 g/mol. The molecule has 5 rings (SSSR count). The van der Waals surface area contributed by atoms with Crippen molar-refractivity contribution in [2.75, 3.05) is 41.7 Å². The highest BCUT2D eigenvalue weighted by atomic mass is 19.1. The SMILES string of the molecule is Cc1ccc(C(=O)Nc2ccc(N3CCCN(C(=O)Nc4cccc(C)c4)CC3)c(C(=O)NCc3ccc(F)cc3)c2)cc1. The number of aryl methyl sites for hydroxylation is 2. The molecule has 3 N–H and O–H groups in total. The van der Waals surface area contributed by atoms with E-state index in [1.165, 1.54) is 12.1 Å². The van der Waals surface area contributed by atoms with Crippen molar-refractivity contribution in [3.63, 3.8) is 0 Å². The third-order valence-electron chi connectivity index (χ3n) is 7.57. The lowest BCUT2D eigenvalue weighted by Crippen LogP contribution is -2.38. The van der Waals surface area contributed by atoms with Gasteiger partial charge in [0.05, 0.1) is 5.56 Å². The molecule has 0 saturated carbocycles. The second-order valence-electron chi connectivity index (χ2n) is 11.0. The summed E-state index contributed by atoms with van der Waals surface area (Å²) in [5, 5.41) is 8.82. The first-order chi connectivity index (χ1) is 21.2. The lowest BCUT2D eigenvalue weighted by Gasteiger charge is -2.26. The maximum atomic E-state index is 13.6. The largest absolute Gasteiger partial charge is 0.369 e. The van der Waals surface area contributed by atoms with Crippen LogP contribution in [-0.4, -0.2) is 48.9 Å². The fraction of sp³-hybridized carbons (Fsp3) is 0.229. The number of urea groups is 1. The molecule has 8 nitrogen and oxygen atoms in total. The Morgan fingerprint density at radius 1 is 0.727 bits per heavy atom. The number of rotatable bonds is 7. The Morgan fingerprint density at radius 3 is 2.23 bits per heavy atom. The van der Waals surface area contributed by atoms with E-state index in [0.717, 1.165) is 22.4 Å². The first-order valence-electron chi connectivity index (χ1n) is 14.7. The Labute approximate surface area is 256 Å². The first-order valence-corrected chi connectivity index (χ1v) is 14.7. The van der Waals surface area contributed by atoms with Gasteiger partial charge in [-0.05, 0) is 86.0 Å². The van der Waals surface area contributed by atoms with Crippen LogP contribution in [0.1, 0.15) is 43.8 Å². The van der Waals surface area contributed by atoms with Crippen LogP contribution in [0, 0.1) is 19.7 Å². The maximum Gasteiger partial charge on any atom is 0.321 e. The molecule has 4 aromatic carbocycles. The highest BCUT2D eigenvalue weighted by molar-refractivity contribution is 6.06. The number of carbonyl (C=O) groups excluding carboxylic acids is 3. The van der Waals surface area contributed by atoms with Gasteiger partial charge in [0.1, 0.15) is 5.82 Å². The minimum Gasteiger partial charge on any atom is -0.369 e. The molecule has 9 heteroatoms. The van der Waals surface area contributed by atoms with E-state index in [0.29, 0.717) is 55.1 Å². The lowest BCUT2D eigenvalue weighted by molar-refractivity contribution is 0.0950. The van der Waals surface area contributed by atoms with Gasteiger partial charge in [-0.3, -0.25) is 9.59 Å². The smallest absolute Gasteiger partial charge is 0.321 e. The molecule has 0 atom stereocenters. The summed E-state index contributed by atoms with van der Waals surface area (Å²) in [5.74, 6) is -0.948. The number of hydrogen-bond acceptors (Lipinski definition) is 4. The monoisotopic (exact) mass is 593 g/mol. The molecule has 226 valence electrons. The molecule has 0 spiro atoms. The van der Waals surface area contributed by atoms with Crippen LogP contribution < -0.4 is 20.9 Å². The van der Waals surface area contributed by atoms with Gasteiger partial charge in [0.15, 0.2) is 0 Å². The Morgan fingerprint density at radius 2 is 1.48 bits per heavy atom. The molecule has 0 unspecified atom stereocenters. The number of carbonyl (C=O) groups is 3. The maximum absolute atomic E-state index is 13.6. The van der Waals surface area contributed by atoms with Crippen LogP contribution >= 0.6 is 0 Å². The van der Waals surface area contributed by atoms with Crippen LogP contribution in [0.2, 0.25) is 0 Å². The molecule has 4 aromatic rings. The minimum atomic E-state index is -0.345. The van der Waals surface area contributed by atoms with Crippen molar-refractivity contribution < 1.29 is 18.8 Å². The summed E-state index contributed by atoms with van der Waals surface area (Å²) >= 11 is 0. The van der Waals surface area contributed by atoms with E-state index < -0.39 is 0 Å². The highest BCUT2D eigenvalue weighted by Gasteiger charge is 2.23. The summed E-state index contributed by atoms with van der Waals surface area (Å²) in [7, 11) is 0. The van der Waals surface area contributed by atoms with Gasteiger partial charge in [0.2, 0.25) is 0 Å². The predicted molar refractivity (Wildman–Crippen MR) is 172 cm³/mol. The number of halogens is 1. The van der Waals surface area contributed by atoms with E-state index in [9.17, 15) is 18.8 Å². The number of amides is 4. The summed E-state index contributed by atoms with van der Waals surface area (Å²) in [4.78, 5) is 43.4. The van der Waals surface area contributed by atoms with Gasteiger partial charge >= 0.3 is 6.03 Å². The molecule has 44 heavy (non-hydrogen) atoms. The van der Waals surface area contributed by atoms with Crippen LogP contribution in [0.25, 0.3) is 0 Å². The standard InChI is InChI=1S/C35H36FN5O3/c1-24-7-11-27(12-8-24)33(42)38-30-15-16-32(31(22-30)34(43)37-23-26-9-13-28(36)14-10-26)40-17-4-18-41(20-19-40)35(44)39-29-6-3-5-25(2)21-29/h3,5-16,21-22H,4,17-20,23H2,1-2H3,(H,37,43)(H,38,42)(H,39,44). The zero-order chi connectivity index (χ0) is 31.1. The van der Waals surface area contributed by atoms with Gasteiger partial charge in [-0.2, -0.15) is 0 Å². The molecule has 0 aliphatic carbocycles. The molecule has 1 heterocycles. The van der Waals surface area contributed by atoms with Crippen molar-refractivity contribution in [1.82, 2.24) is 10.2 Å². The Hall–Kier alpha value is -5.18. The van der Waals surface area contributed by atoms with E-state index in [-0.39, 0.29) is 30.2 Å². The van der Waals surface area contributed by atoms with Crippen molar-refractivity contribution in [1.29, 1.82) is 0 Å². The van der Waals surface area contributed by atoms with Crippen molar-refractivity contribution >= 4 is 34.9 Å². The number of nitrogens with zero attached hydrogens (tertiary/aromatic N) is 2. The van der Waals surface area contributed by atoms with Crippen LogP contribution in [0.15, 0.2) is 91.0 Å². The lowest BCUT2D eigenvalue weighted by atomic mass is 10.1. The molecule has 1 aliphatic heterocycles. The van der Waals surface area contributed by atoms with Gasteiger partial charge in [0, 0.05) is 55.3 Å². The van der Waals surface area contributed by atoms with Gasteiger partial charge in [-0.25, -0.2) is 9.18 Å². The van der Waals surface area contributed by atoms with Crippen LogP contribution in [0.5, 0.6) is 0 Å². The second-order valence-corrected chi connectivity index (χ2v) is 11.0. The van der Waals surface area contributed by atoms with Crippen LogP contribution in [0.4, 0.5) is 26.2 Å². The average Bonchev–Trinajstić information content (AvgIpc) is 3.27. The fourth-order valence-corrected chi connectivity index (χ4v) is 5.15. The molecular formula is C35H36FN5O3. The quantitative estimate of drug-likeness (QED) is 0.232. The van der Waals surface area contributed by atoms with E-state index in [1.807, 2.05) is 56.3 Å². The Balaban J connectivity index is 1.34. The highest BCUT2D eigenvalue weighted by Crippen LogP contribution is 2.27. The van der Waals surface area contributed by atoms with Gasteiger partial charge in [-0.15, -0.1) is 0 Å². The summed E-state index contributed by atoms with van der Waals surface area (Å²) in [5.41, 5.74) is 5.72. The van der Waals surface area contributed by atoms with Crippen molar-refractivity contribution in [3.05, 3.63) is 125 Å². The van der Waals surface area contributed by atoms with E-state index in [1.54, 1.807) is 41.3 Å². The summed E-state index contributed by atoms with van der Waals surface area (Å²) in [6.07, 6.45) is 0.712. The summed E-state index contributed by atoms with van der Waals surface area (Å²) < 4.78 is 13.4. The predicted octanol–water partition coefficient (Wildman–Crippen LogP) is 6.37. The number of nitrogens with one attached hydrogen (secondary N) is 3. The fourth-order valence-electron chi connectivity index (χ4n) is 5.15. The Bertz CT molecular complexity index is 1640. The molecule has 1 aliphatic rings. The molecule has 0 aromatic heterocycles. The molecule has 1 saturated heterocycles. The van der Waals surface area contributed by atoms with Crippen molar-refractivity contribution in [3.8, 4) is 0 Å². The molecule has 4 amide bonds. The first kappa shape index (κ1) is 30.3.